The molecule has 0 amide bonds. The number of benzene rings is 1. The molecule has 2 aromatic heterocycles. The predicted molar refractivity (Wildman–Crippen MR) is 122 cm³/mol. The monoisotopic (exact) mass is 496 g/mol. The maximum atomic E-state index is 13.7. The Morgan fingerprint density at radius 3 is 2.78 bits per heavy atom. The van der Waals surface area contributed by atoms with E-state index in [9.17, 15) is 19.5 Å². The number of nitrogens with zero attached hydrogens (tertiary/aromatic N) is 2. The van der Waals surface area contributed by atoms with E-state index < -0.39 is 33.8 Å². The molecule has 2 aliphatic rings. The van der Waals surface area contributed by atoms with Crippen LogP contribution in [0.1, 0.15) is 49.5 Å². The Morgan fingerprint density at radius 2 is 2.06 bits per heavy atom. The summed E-state index contributed by atoms with van der Waals surface area (Å²) in [6.45, 7) is 3.74. The fourth-order valence-electron chi connectivity index (χ4n) is 4.56. The molecule has 5 rings (SSSR count). The molecule has 1 N–H and O–H groups in total. The van der Waals surface area contributed by atoms with Gasteiger partial charge in [0.05, 0.1) is 33.8 Å². The lowest BCUT2D eigenvalue weighted by atomic mass is 9.82. The lowest BCUT2D eigenvalue weighted by Crippen LogP contribution is -2.48. The van der Waals surface area contributed by atoms with Gasteiger partial charge in [0.25, 0.3) is 5.56 Å². The quantitative estimate of drug-likeness (QED) is 0.343. The molecule has 0 bridgehead atoms. The molecule has 2 unspecified atom stereocenters. The van der Waals surface area contributed by atoms with Crippen molar-refractivity contribution in [2.24, 2.45) is 0 Å². The van der Waals surface area contributed by atoms with Crippen molar-refractivity contribution in [3.05, 3.63) is 63.4 Å². The standard InChI is InChI=1S/C24H21BrN2O5/c1-3-15(25)20(28)21-18-14(24(31,4-2)23(30)32-21)10-17-19-13(11-27(17)22(18)29)9-12-7-5-6-8-16(12)26-19/h5-10,15,21,31H,3-4,11H2,1-2H3/t15?,21?,24-/m0/s1. The van der Waals surface area contributed by atoms with Gasteiger partial charge in [-0.25, -0.2) is 9.78 Å². The summed E-state index contributed by atoms with van der Waals surface area (Å²) >= 11 is 3.31. The maximum Gasteiger partial charge on any atom is 0.343 e. The summed E-state index contributed by atoms with van der Waals surface area (Å²) in [7, 11) is 0. The van der Waals surface area contributed by atoms with E-state index in [4.69, 9.17) is 9.72 Å². The molecule has 164 valence electrons. The molecule has 0 saturated carbocycles. The average molecular weight is 497 g/mol. The van der Waals surface area contributed by atoms with Gasteiger partial charge < -0.3 is 14.4 Å². The third-order valence-corrected chi connectivity index (χ3v) is 7.52. The number of ether oxygens (including phenoxy) is 1. The number of Topliss-reactive ketones (excluding diaryl/α,β-unsaturated/α-hetero) is 1. The summed E-state index contributed by atoms with van der Waals surface area (Å²) in [4.78, 5) is 43.6. The SMILES string of the molecule is CCC(Br)C(=O)C1OC(=O)[C@](O)(CC)c2cc3n(c(=O)c21)Cc1cc2ccccc2nc1-3. The average Bonchev–Trinajstić information content (AvgIpc) is 3.16. The maximum absolute atomic E-state index is 13.7. The van der Waals surface area contributed by atoms with Gasteiger partial charge in [0.15, 0.2) is 17.5 Å². The summed E-state index contributed by atoms with van der Waals surface area (Å²) in [6.07, 6.45) is -0.893. The van der Waals surface area contributed by atoms with Crippen molar-refractivity contribution in [2.45, 2.75) is 49.8 Å². The topological polar surface area (TPSA) is 98.5 Å². The normalized spacial score (nSPS) is 22.1. The van der Waals surface area contributed by atoms with E-state index in [1.165, 1.54) is 0 Å². The van der Waals surface area contributed by atoms with Crippen LogP contribution in [-0.2, 0) is 26.5 Å². The highest BCUT2D eigenvalue weighted by molar-refractivity contribution is 9.10. The van der Waals surface area contributed by atoms with Crippen LogP contribution < -0.4 is 5.56 Å². The van der Waals surface area contributed by atoms with Gasteiger partial charge >= 0.3 is 5.97 Å². The van der Waals surface area contributed by atoms with E-state index in [0.717, 1.165) is 16.5 Å². The minimum atomic E-state index is -2.01. The van der Waals surface area contributed by atoms with Crippen LogP contribution in [0.2, 0.25) is 0 Å². The third kappa shape index (κ3) is 2.82. The lowest BCUT2D eigenvalue weighted by molar-refractivity contribution is -0.180. The molecule has 3 atom stereocenters. The zero-order valence-corrected chi connectivity index (χ0v) is 19.2. The van der Waals surface area contributed by atoms with Crippen LogP contribution in [0.4, 0.5) is 0 Å². The minimum Gasteiger partial charge on any atom is -0.447 e. The molecule has 0 aliphatic carbocycles. The first kappa shape index (κ1) is 21.0. The summed E-state index contributed by atoms with van der Waals surface area (Å²) in [6, 6.07) is 11.3. The van der Waals surface area contributed by atoms with Gasteiger partial charge in [-0.2, -0.15) is 0 Å². The second-order valence-corrected chi connectivity index (χ2v) is 9.32. The van der Waals surface area contributed by atoms with E-state index in [2.05, 4.69) is 15.9 Å². The number of aromatic nitrogens is 2. The molecule has 0 saturated heterocycles. The second kappa shape index (κ2) is 7.35. The fraction of sp³-hybridized carbons (Fsp3) is 0.333. The van der Waals surface area contributed by atoms with E-state index in [1.807, 2.05) is 37.3 Å². The number of hydrogen-bond acceptors (Lipinski definition) is 6. The number of hydrogen-bond donors (Lipinski definition) is 1. The first-order valence-electron chi connectivity index (χ1n) is 10.6. The number of esters is 1. The molecule has 32 heavy (non-hydrogen) atoms. The molecule has 0 radical (unpaired) electrons. The highest BCUT2D eigenvalue weighted by Gasteiger charge is 2.51. The Labute approximate surface area is 192 Å². The van der Waals surface area contributed by atoms with Crippen LogP contribution in [0.3, 0.4) is 0 Å². The zero-order valence-electron chi connectivity index (χ0n) is 17.6. The number of fused-ring (bicyclic) bond motifs is 5. The Bertz CT molecular complexity index is 1360. The highest BCUT2D eigenvalue weighted by Crippen LogP contribution is 2.42. The number of cyclic esters (lactones) is 1. The van der Waals surface area contributed by atoms with Crippen molar-refractivity contribution in [1.82, 2.24) is 9.55 Å². The van der Waals surface area contributed by atoms with Crippen molar-refractivity contribution in [2.75, 3.05) is 0 Å². The predicted octanol–water partition coefficient (Wildman–Crippen LogP) is 3.36. The Balaban J connectivity index is 1.78. The number of alkyl halides is 1. The van der Waals surface area contributed by atoms with Crippen LogP contribution in [-0.4, -0.2) is 31.2 Å². The van der Waals surface area contributed by atoms with Crippen LogP contribution in [0.5, 0.6) is 0 Å². The molecule has 0 spiro atoms. The van der Waals surface area contributed by atoms with Gasteiger partial charge in [0.1, 0.15) is 0 Å². The number of halogens is 1. The highest BCUT2D eigenvalue weighted by atomic mass is 79.9. The molecule has 8 heteroatoms. The fourth-order valence-corrected chi connectivity index (χ4v) is 4.80. The van der Waals surface area contributed by atoms with Gasteiger partial charge in [0.2, 0.25) is 0 Å². The van der Waals surface area contributed by atoms with E-state index in [0.29, 0.717) is 24.4 Å². The number of carbonyl (C=O) groups is 2. The van der Waals surface area contributed by atoms with Gasteiger partial charge in [-0.1, -0.05) is 48.0 Å². The Hall–Kier alpha value is -2.84. The van der Waals surface area contributed by atoms with Crippen molar-refractivity contribution in [3.8, 4) is 11.4 Å². The van der Waals surface area contributed by atoms with Crippen molar-refractivity contribution >= 4 is 38.6 Å². The number of carbonyl (C=O) groups excluding carboxylic acids is 2. The lowest BCUT2D eigenvalue weighted by Gasteiger charge is -2.36. The molecule has 2 aliphatic heterocycles. The van der Waals surface area contributed by atoms with Gasteiger partial charge in [-0.3, -0.25) is 9.59 Å². The summed E-state index contributed by atoms with van der Waals surface area (Å²) in [5, 5.41) is 12.2. The number of aliphatic hydroxyl groups is 1. The van der Waals surface area contributed by atoms with Crippen LogP contribution in [0.25, 0.3) is 22.3 Å². The molecular weight excluding hydrogens is 476 g/mol. The van der Waals surface area contributed by atoms with Crippen molar-refractivity contribution in [3.63, 3.8) is 0 Å². The number of rotatable bonds is 4. The first-order chi connectivity index (χ1) is 15.3. The molecule has 7 nitrogen and oxygen atoms in total. The van der Waals surface area contributed by atoms with Gasteiger partial charge in [-0.15, -0.1) is 0 Å². The third-order valence-electron chi connectivity index (χ3n) is 6.42. The van der Waals surface area contributed by atoms with Gasteiger partial charge in [0, 0.05) is 16.5 Å². The molecule has 0 fully saturated rings. The Morgan fingerprint density at radius 1 is 1.31 bits per heavy atom. The summed E-state index contributed by atoms with van der Waals surface area (Å²) in [5.41, 5.74) is 0.506. The Kier molecular flexibility index (Phi) is 4.83. The van der Waals surface area contributed by atoms with Crippen LogP contribution in [0, 0.1) is 0 Å². The van der Waals surface area contributed by atoms with Crippen molar-refractivity contribution in [1.29, 1.82) is 0 Å². The smallest absolute Gasteiger partial charge is 0.343 e. The summed E-state index contributed by atoms with van der Waals surface area (Å²) < 4.78 is 6.93. The molecule has 1 aromatic carbocycles. The first-order valence-corrected chi connectivity index (χ1v) is 11.5. The van der Waals surface area contributed by atoms with E-state index in [-0.39, 0.29) is 17.5 Å². The number of ketones is 1. The second-order valence-electron chi connectivity index (χ2n) is 8.21. The summed E-state index contributed by atoms with van der Waals surface area (Å²) in [5.74, 6) is -1.34. The van der Waals surface area contributed by atoms with Gasteiger partial charge in [-0.05, 0) is 31.0 Å². The number of pyridine rings is 2. The van der Waals surface area contributed by atoms with E-state index in [1.54, 1.807) is 17.6 Å². The largest absolute Gasteiger partial charge is 0.447 e. The van der Waals surface area contributed by atoms with Crippen molar-refractivity contribution < 1.29 is 19.4 Å². The molecular formula is C24H21BrN2O5. The molecule has 3 aromatic rings. The van der Waals surface area contributed by atoms with Crippen LogP contribution >= 0.6 is 15.9 Å². The number of para-hydroxylation sites is 1. The minimum absolute atomic E-state index is 0.00611. The zero-order chi connectivity index (χ0) is 22.8. The van der Waals surface area contributed by atoms with Crippen LogP contribution in [0.15, 0.2) is 41.2 Å². The van der Waals surface area contributed by atoms with E-state index >= 15 is 0 Å². The molecule has 4 heterocycles.